The quantitative estimate of drug-likeness (QED) is 0.579. The Balaban J connectivity index is 2.14. The maximum Gasteiger partial charge on any atom is 0.256 e. The fraction of sp³-hybridized carbons (Fsp3) is 0.381. The molecule has 0 fully saturated rings. The maximum atomic E-state index is 12.8. The van der Waals surface area contributed by atoms with E-state index in [4.69, 9.17) is 14.2 Å². The van der Waals surface area contributed by atoms with E-state index in [1.807, 2.05) is 24.3 Å². The molecular weight excluding hydrogens is 424 g/mol. The van der Waals surface area contributed by atoms with Gasteiger partial charge in [-0.3, -0.25) is 4.79 Å². The third kappa shape index (κ3) is 5.62. The van der Waals surface area contributed by atoms with Crippen LogP contribution in [-0.2, 0) is 0 Å². The highest BCUT2D eigenvalue weighted by Crippen LogP contribution is 2.36. The number of para-hydroxylation sites is 2. The minimum atomic E-state index is -0.274. The molecule has 0 aliphatic rings. The maximum absolute atomic E-state index is 12.8. The van der Waals surface area contributed by atoms with Crippen molar-refractivity contribution in [3.8, 4) is 17.2 Å². The largest absolute Gasteiger partial charge is 0.495 e. The van der Waals surface area contributed by atoms with Gasteiger partial charge in [-0.2, -0.15) is 0 Å². The second-order valence-electron chi connectivity index (χ2n) is 6.02. The van der Waals surface area contributed by atoms with E-state index < -0.39 is 0 Å². The molecule has 0 aromatic heterocycles. The van der Waals surface area contributed by atoms with Crippen molar-refractivity contribution >= 4 is 27.5 Å². The monoisotopic (exact) mass is 450 g/mol. The van der Waals surface area contributed by atoms with Gasteiger partial charge in [0, 0.05) is 12.1 Å². The van der Waals surface area contributed by atoms with Crippen molar-refractivity contribution in [2.75, 3.05) is 45.8 Å². The van der Waals surface area contributed by atoms with Crippen molar-refractivity contribution in [2.24, 2.45) is 0 Å². The Bertz CT molecular complexity index is 769. The molecule has 2 aromatic rings. The van der Waals surface area contributed by atoms with Gasteiger partial charge in [0.25, 0.3) is 5.91 Å². The standard InChI is InChI=1S/C21H27BrN2O4/c1-5-24(6-2)11-12-28-17-10-8-7-9-16(17)23-21(25)15-13-18(26-3)20(22)19(14-15)27-4/h7-10,13-14H,5-6,11-12H2,1-4H3,(H,23,25). The van der Waals surface area contributed by atoms with Crippen LogP contribution >= 0.6 is 15.9 Å². The number of hydrogen-bond acceptors (Lipinski definition) is 5. The lowest BCUT2D eigenvalue weighted by Crippen LogP contribution is -2.28. The lowest BCUT2D eigenvalue weighted by Gasteiger charge is -2.19. The zero-order chi connectivity index (χ0) is 20.5. The summed E-state index contributed by atoms with van der Waals surface area (Å²) in [5.41, 5.74) is 1.04. The van der Waals surface area contributed by atoms with E-state index in [1.165, 1.54) is 0 Å². The summed E-state index contributed by atoms with van der Waals surface area (Å²) >= 11 is 3.41. The number of methoxy groups -OCH3 is 2. The fourth-order valence-electron chi connectivity index (χ4n) is 2.72. The SMILES string of the molecule is CCN(CC)CCOc1ccccc1NC(=O)c1cc(OC)c(Br)c(OC)c1. The first kappa shape index (κ1) is 22.0. The number of rotatable bonds is 10. The van der Waals surface area contributed by atoms with E-state index in [9.17, 15) is 4.79 Å². The average Bonchev–Trinajstić information content (AvgIpc) is 2.72. The zero-order valence-electron chi connectivity index (χ0n) is 16.8. The van der Waals surface area contributed by atoms with E-state index in [-0.39, 0.29) is 5.91 Å². The molecule has 0 saturated heterocycles. The molecule has 0 saturated carbocycles. The topological polar surface area (TPSA) is 60.0 Å². The van der Waals surface area contributed by atoms with Crippen molar-refractivity contribution in [3.05, 3.63) is 46.4 Å². The number of nitrogens with one attached hydrogen (secondary N) is 1. The fourth-order valence-corrected chi connectivity index (χ4v) is 3.27. The molecule has 2 aromatic carbocycles. The first-order chi connectivity index (χ1) is 13.5. The van der Waals surface area contributed by atoms with E-state index in [0.717, 1.165) is 19.6 Å². The Morgan fingerprint density at radius 3 is 2.21 bits per heavy atom. The van der Waals surface area contributed by atoms with Gasteiger partial charge in [-0.25, -0.2) is 0 Å². The van der Waals surface area contributed by atoms with Crippen LogP contribution in [0.15, 0.2) is 40.9 Å². The van der Waals surface area contributed by atoms with Gasteiger partial charge in [0.05, 0.1) is 19.9 Å². The van der Waals surface area contributed by atoms with Crippen LogP contribution in [0.2, 0.25) is 0 Å². The lowest BCUT2D eigenvalue weighted by atomic mass is 10.1. The Labute approximate surface area is 174 Å². The molecule has 2 rings (SSSR count). The third-order valence-electron chi connectivity index (χ3n) is 4.40. The third-order valence-corrected chi connectivity index (χ3v) is 5.18. The van der Waals surface area contributed by atoms with Crippen LogP contribution in [-0.4, -0.2) is 51.3 Å². The average molecular weight is 451 g/mol. The summed E-state index contributed by atoms with van der Waals surface area (Å²) in [6, 6.07) is 10.7. The van der Waals surface area contributed by atoms with Crippen molar-refractivity contribution in [3.63, 3.8) is 0 Å². The van der Waals surface area contributed by atoms with Gasteiger partial charge < -0.3 is 24.4 Å². The molecule has 7 heteroatoms. The summed E-state index contributed by atoms with van der Waals surface area (Å²) in [5, 5.41) is 2.91. The molecule has 0 spiro atoms. The highest BCUT2D eigenvalue weighted by molar-refractivity contribution is 9.10. The number of halogens is 1. The predicted octanol–water partition coefficient (Wildman–Crippen LogP) is 4.44. The molecule has 0 unspecified atom stereocenters. The number of carbonyl (C=O) groups excluding carboxylic acids is 1. The number of benzene rings is 2. The number of nitrogens with zero attached hydrogens (tertiary/aromatic N) is 1. The number of anilines is 1. The number of hydrogen-bond donors (Lipinski definition) is 1. The van der Waals surface area contributed by atoms with Gasteiger partial charge >= 0.3 is 0 Å². The molecule has 152 valence electrons. The number of carbonyl (C=O) groups is 1. The van der Waals surface area contributed by atoms with Crippen LogP contribution in [0.1, 0.15) is 24.2 Å². The van der Waals surface area contributed by atoms with Gasteiger partial charge in [-0.1, -0.05) is 26.0 Å². The summed E-state index contributed by atoms with van der Waals surface area (Å²) in [6.45, 7) is 7.58. The van der Waals surface area contributed by atoms with Crippen LogP contribution in [0, 0.1) is 0 Å². The highest BCUT2D eigenvalue weighted by atomic mass is 79.9. The van der Waals surface area contributed by atoms with Gasteiger partial charge in [0.2, 0.25) is 0 Å². The first-order valence-corrected chi connectivity index (χ1v) is 10.00. The van der Waals surface area contributed by atoms with Crippen LogP contribution in [0.3, 0.4) is 0 Å². The van der Waals surface area contributed by atoms with E-state index >= 15 is 0 Å². The number of likely N-dealkylation sites (N-methyl/N-ethyl adjacent to an activating group) is 1. The predicted molar refractivity (Wildman–Crippen MR) is 115 cm³/mol. The van der Waals surface area contributed by atoms with Crippen molar-refractivity contribution in [1.29, 1.82) is 0 Å². The Hall–Kier alpha value is -2.25. The van der Waals surface area contributed by atoms with Gasteiger partial charge in [0.1, 0.15) is 28.3 Å². The Morgan fingerprint density at radius 2 is 1.64 bits per heavy atom. The highest BCUT2D eigenvalue weighted by Gasteiger charge is 2.16. The summed E-state index contributed by atoms with van der Waals surface area (Å²) in [4.78, 5) is 15.1. The molecule has 0 aliphatic carbocycles. The summed E-state index contributed by atoms with van der Waals surface area (Å²) in [7, 11) is 3.08. The molecule has 28 heavy (non-hydrogen) atoms. The van der Waals surface area contributed by atoms with Crippen LogP contribution in [0.25, 0.3) is 0 Å². The van der Waals surface area contributed by atoms with Crippen molar-refractivity contribution in [2.45, 2.75) is 13.8 Å². The van der Waals surface area contributed by atoms with E-state index in [0.29, 0.717) is 39.6 Å². The second kappa shape index (κ2) is 10.9. The molecule has 1 amide bonds. The lowest BCUT2D eigenvalue weighted by molar-refractivity contribution is 0.102. The molecule has 0 radical (unpaired) electrons. The molecule has 1 N–H and O–H groups in total. The minimum absolute atomic E-state index is 0.274. The molecule has 6 nitrogen and oxygen atoms in total. The van der Waals surface area contributed by atoms with Crippen molar-refractivity contribution < 1.29 is 19.0 Å². The Morgan fingerprint density at radius 1 is 1.04 bits per heavy atom. The minimum Gasteiger partial charge on any atom is -0.495 e. The van der Waals surface area contributed by atoms with Crippen LogP contribution in [0.4, 0.5) is 5.69 Å². The summed E-state index contributed by atoms with van der Waals surface area (Å²) in [5.74, 6) is 1.41. The summed E-state index contributed by atoms with van der Waals surface area (Å²) < 4.78 is 17.2. The molecular formula is C21H27BrN2O4. The number of ether oxygens (including phenoxy) is 3. The van der Waals surface area contributed by atoms with Gasteiger partial charge in [0.15, 0.2) is 0 Å². The number of amides is 1. The normalized spacial score (nSPS) is 10.6. The molecule has 0 atom stereocenters. The second-order valence-corrected chi connectivity index (χ2v) is 6.81. The van der Waals surface area contributed by atoms with Crippen molar-refractivity contribution in [1.82, 2.24) is 4.90 Å². The molecule has 0 bridgehead atoms. The zero-order valence-corrected chi connectivity index (χ0v) is 18.3. The first-order valence-electron chi connectivity index (χ1n) is 9.21. The van der Waals surface area contributed by atoms with Gasteiger partial charge in [-0.15, -0.1) is 0 Å². The summed E-state index contributed by atoms with van der Waals surface area (Å²) in [6.07, 6.45) is 0. The van der Waals surface area contributed by atoms with E-state index in [1.54, 1.807) is 26.4 Å². The van der Waals surface area contributed by atoms with Crippen LogP contribution < -0.4 is 19.5 Å². The Kier molecular flexibility index (Phi) is 8.60. The van der Waals surface area contributed by atoms with E-state index in [2.05, 4.69) is 40.0 Å². The molecule has 0 heterocycles. The van der Waals surface area contributed by atoms with Gasteiger partial charge in [-0.05, 0) is 53.3 Å². The van der Waals surface area contributed by atoms with Crippen LogP contribution in [0.5, 0.6) is 17.2 Å². The smallest absolute Gasteiger partial charge is 0.256 e. The molecule has 0 aliphatic heterocycles.